The number of nitrogens with zero attached hydrogens (tertiary/aromatic N) is 1. The molecule has 0 spiro atoms. The third-order valence-corrected chi connectivity index (χ3v) is 4.51. The summed E-state index contributed by atoms with van der Waals surface area (Å²) in [5.74, 6) is -0.226. The van der Waals surface area contributed by atoms with Crippen LogP contribution in [-0.2, 0) is 0 Å². The smallest absolute Gasteiger partial charge is 0.148 e. The van der Waals surface area contributed by atoms with Gasteiger partial charge in [-0.3, -0.25) is 0 Å². The van der Waals surface area contributed by atoms with Gasteiger partial charge in [0.05, 0.1) is 10.7 Å². The van der Waals surface area contributed by atoms with Crippen LogP contribution in [0.15, 0.2) is 18.2 Å². The molecule has 1 heterocycles. The maximum absolute atomic E-state index is 14.1. The standard InChI is InChI=1S/C15H22ClFN2/c1-3-15(4-2)11-19(10-6-9-18-15)14-12(16)7-5-8-13(14)17/h5,7-8,18H,3-4,6,9-11H2,1-2H3. The van der Waals surface area contributed by atoms with Gasteiger partial charge in [-0.2, -0.15) is 0 Å². The van der Waals surface area contributed by atoms with Crippen molar-refractivity contribution in [3.63, 3.8) is 0 Å². The Labute approximate surface area is 119 Å². The Morgan fingerprint density at radius 2 is 2.11 bits per heavy atom. The molecule has 0 aliphatic carbocycles. The maximum atomic E-state index is 14.1. The van der Waals surface area contributed by atoms with Gasteiger partial charge in [0.2, 0.25) is 0 Å². The van der Waals surface area contributed by atoms with Gasteiger partial charge in [0.25, 0.3) is 0 Å². The molecule has 1 aliphatic rings. The van der Waals surface area contributed by atoms with E-state index in [0.29, 0.717) is 10.7 Å². The fraction of sp³-hybridized carbons (Fsp3) is 0.600. The van der Waals surface area contributed by atoms with Crippen molar-refractivity contribution < 1.29 is 4.39 Å². The van der Waals surface area contributed by atoms with Gasteiger partial charge >= 0.3 is 0 Å². The van der Waals surface area contributed by atoms with Crippen LogP contribution in [0.2, 0.25) is 5.02 Å². The highest BCUT2D eigenvalue weighted by molar-refractivity contribution is 6.33. The first kappa shape index (κ1) is 14.6. The first-order valence-electron chi connectivity index (χ1n) is 7.06. The number of para-hydroxylation sites is 1. The average Bonchev–Trinajstić information content (AvgIpc) is 2.62. The van der Waals surface area contributed by atoms with E-state index in [4.69, 9.17) is 11.6 Å². The van der Waals surface area contributed by atoms with Crippen LogP contribution in [0.1, 0.15) is 33.1 Å². The lowest BCUT2D eigenvalue weighted by Gasteiger charge is -2.36. The summed E-state index contributed by atoms with van der Waals surface area (Å²) in [6.45, 7) is 6.99. The third kappa shape index (κ3) is 3.03. The third-order valence-electron chi connectivity index (χ3n) is 4.21. The Kier molecular flexibility index (Phi) is 4.69. The molecule has 1 N–H and O–H groups in total. The summed E-state index contributed by atoms with van der Waals surface area (Å²) in [5.41, 5.74) is 0.612. The van der Waals surface area contributed by atoms with Crippen molar-refractivity contribution in [1.82, 2.24) is 5.32 Å². The molecule has 1 aromatic carbocycles. The molecule has 0 saturated carbocycles. The molecule has 2 rings (SSSR count). The number of rotatable bonds is 3. The molecular weight excluding hydrogens is 263 g/mol. The van der Waals surface area contributed by atoms with E-state index in [0.717, 1.165) is 38.9 Å². The van der Waals surface area contributed by atoms with E-state index < -0.39 is 0 Å². The molecule has 0 amide bonds. The van der Waals surface area contributed by atoms with Gasteiger partial charge in [0.15, 0.2) is 0 Å². The van der Waals surface area contributed by atoms with Gasteiger partial charge in [-0.05, 0) is 37.9 Å². The molecule has 2 nitrogen and oxygen atoms in total. The van der Waals surface area contributed by atoms with Crippen LogP contribution >= 0.6 is 11.6 Å². The molecule has 1 fully saturated rings. The number of hydrogen-bond donors (Lipinski definition) is 1. The Morgan fingerprint density at radius 3 is 2.74 bits per heavy atom. The summed E-state index contributed by atoms with van der Waals surface area (Å²) < 4.78 is 14.1. The minimum Gasteiger partial charge on any atom is -0.366 e. The Balaban J connectivity index is 2.33. The molecule has 1 aliphatic heterocycles. The van der Waals surface area contributed by atoms with E-state index in [1.54, 1.807) is 12.1 Å². The highest BCUT2D eigenvalue weighted by Crippen LogP contribution is 2.32. The monoisotopic (exact) mass is 284 g/mol. The lowest BCUT2D eigenvalue weighted by molar-refractivity contribution is 0.321. The molecule has 106 valence electrons. The van der Waals surface area contributed by atoms with Crippen molar-refractivity contribution in [2.45, 2.75) is 38.6 Å². The first-order valence-corrected chi connectivity index (χ1v) is 7.43. The van der Waals surface area contributed by atoms with E-state index in [1.807, 2.05) is 0 Å². The highest BCUT2D eigenvalue weighted by Gasteiger charge is 2.31. The molecule has 0 bridgehead atoms. The number of halogens is 2. The Morgan fingerprint density at radius 1 is 1.37 bits per heavy atom. The van der Waals surface area contributed by atoms with E-state index in [1.165, 1.54) is 6.07 Å². The molecule has 0 aromatic heterocycles. The van der Waals surface area contributed by atoms with Crippen LogP contribution in [-0.4, -0.2) is 25.2 Å². The van der Waals surface area contributed by atoms with Crippen molar-refractivity contribution in [2.24, 2.45) is 0 Å². The van der Waals surface area contributed by atoms with Gasteiger partial charge in [-0.25, -0.2) is 4.39 Å². The topological polar surface area (TPSA) is 15.3 Å². The van der Waals surface area contributed by atoms with Gasteiger partial charge in [0.1, 0.15) is 5.82 Å². The fourth-order valence-electron chi connectivity index (χ4n) is 2.83. The summed E-state index contributed by atoms with van der Waals surface area (Å²) in [4.78, 5) is 2.10. The SMILES string of the molecule is CCC1(CC)CN(c2c(F)cccc2Cl)CCCN1. The normalized spacial score (nSPS) is 19.3. The number of hydrogen-bond acceptors (Lipinski definition) is 2. The largest absolute Gasteiger partial charge is 0.366 e. The van der Waals surface area contributed by atoms with E-state index >= 15 is 0 Å². The van der Waals surface area contributed by atoms with Crippen LogP contribution < -0.4 is 10.2 Å². The summed E-state index contributed by atoms with van der Waals surface area (Å²) >= 11 is 6.19. The first-order chi connectivity index (χ1) is 9.12. The predicted molar refractivity (Wildman–Crippen MR) is 79.6 cm³/mol. The Bertz CT molecular complexity index is 412. The van der Waals surface area contributed by atoms with E-state index in [2.05, 4.69) is 24.1 Å². The van der Waals surface area contributed by atoms with Crippen LogP contribution in [0.25, 0.3) is 0 Å². The second-order valence-corrected chi connectivity index (χ2v) is 5.67. The number of anilines is 1. The van der Waals surface area contributed by atoms with Crippen LogP contribution in [0.5, 0.6) is 0 Å². The second kappa shape index (κ2) is 6.10. The summed E-state index contributed by atoms with van der Waals surface area (Å²) in [7, 11) is 0. The lowest BCUT2D eigenvalue weighted by Crippen LogP contribution is -2.50. The number of nitrogens with one attached hydrogen (secondary N) is 1. The fourth-order valence-corrected chi connectivity index (χ4v) is 3.11. The molecule has 0 unspecified atom stereocenters. The van der Waals surface area contributed by atoms with Gasteiger partial charge in [-0.15, -0.1) is 0 Å². The molecule has 0 atom stereocenters. The summed E-state index contributed by atoms with van der Waals surface area (Å²) in [5, 5.41) is 4.13. The second-order valence-electron chi connectivity index (χ2n) is 5.26. The Hall–Kier alpha value is -0.800. The minimum absolute atomic E-state index is 0.0576. The van der Waals surface area contributed by atoms with Gasteiger partial charge < -0.3 is 10.2 Å². The molecule has 1 aromatic rings. The predicted octanol–water partition coefficient (Wildman–Crippen LogP) is 3.84. The van der Waals surface area contributed by atoms with Crippen molar-refractivity contribution in [3.8, 4) is 0 Å². The zero-order valence-electron chi connectivity index (χ0n) is 11.7. The molecular formula is C15H22ClFN2. The van der Waals surface area contributed by atoms with Crippen LogP contribution in [0.3, 0.4) is 0 Å². The van der Waals surface area contributed by atoms with Crippen molar-refractivity contribution in [3.05, 3.63) is 29.0 Å². The number of benzene rings is 1. The van der Waals surface area contributed by atoms with Gasteiger partial charge in [0, 0.05) is 18.6 Å². The minimum atomic E-state index is -0.226. The average molecular weight is 285 g/mol. The van der Waals surface area contributed by atoms with E-state index in [9.17, 15) is 4.39 Å². The zero-order valence-corrected chi connectivity index (χ0v) is 12.4. The summed E-state index contributed by atoms with van der Waals surface area (Å²) in [6.07, 6.45) is 3.07. The molecule has 4 heteroatoms. The highest BCUT2D eigenvalue weighted by atomic mass is 35.5. The van der Waals surface area contributed by atoms with Crippen LogP contribution in [0.4, 0.5) is 10.1 Å². The molecule has 1 saturated heterocycles. The van der Waals surface area contributed by atoms with Crippen molar-refractivity contribution in [1.29, 1.82) is 0 Å². The molecule has 0 radical (unpaired) electrons. The zero-order chi connectivity index (χ0) is 13.9. The van der Waals surface area contributed by atoms with Gasteiger partial charge in [-0.1, -0.05) is 31.5 Å². The lowest BCUT2D eigenvalue weighted by atomic mass is 9.92. The van der Waals surface area contributed by atoms with Crippen molar-refractivity contribution >= 4 is 17.3 Å². The van der Waals surface area contributed by atoms with Crippen LogP contribution in [0, 0.1) is 5.82 Å². The quantitative estimate of drug-likeness (QED) is 0.907. The maximum Gasteiger partial charge on any atom is 0.148 e. The van der Waals surface area contributed by atoms with Crippen molar-refractivity contribution in [2.75, 3.05) is 24.5 Å². The summed E-state index contributed by atoms with van der Waals surface area (Å²) in [6, 6.07) is 4.90. The van der Waals surface area contributed by atoms with E-state index in [-0.39, 0.29) is 11.4 Å². The molecule has 19 heavy (non-hydrogen) atoms.